The van der Waals surface area contributed by atoms with Crippen LogP contribution in [0.3, 0.4) is 0 Å². The molecule has 0 aromatic rings. The first kappa shape index (κ1) is 143. The van der Waals surface area contributed by atoms with Crippen LogP contribution in [0.25, 0.3) is 0 Å². The van der Waals surface area contributed by atoms with Gasteiger partial charge in [-0.3, -0.25) is 53.7 Å². The van der Waals surface area contributed by atoms with Crippen LogP contribution in [-0.4, -0.2) is 322 Å². The number of unbranched alkanes of at least 4 members (excludes halogenated alkanes) is 22. The number of carbonyl (C=O) groups is 17. The molecule has 0 atom stereocenters. The number of allylic oxidation sites excluding steroid dienone is 4. The molecule has 0 rings (SSSR count). The van der Waals surface area contributed by atoms with E-state index in [0.717, 1.165) is 55.1 Å². The zero-order valence-corrected chi connectivity index (χ0v) is 83.1. The Hall–Kier alpha value is -3.27. The van der Waals surface area contributed by atoms with E-state index in [-0.39, 0.29) is 290 Å². The van der Waals surface area contributed by atoms with E-state index in [1.807, 2.05) is 0 Å². The van der Waals surface area contributed by atoms with Crippen LogP contribution in [0.2, 0.25) is 0 Å². The minimum Gasteiger partial charge on any atom is -0.549 e. The largest absolute Gasteiger partial charge is 3.00 e. The fraction of sp³-hybridized carbons (Fsp3) is 0.731. The molecule has 0 heterocycles. The monoisotopic (exact) mass is 2520 g/mol. The zero-order valence-electron chi connectivity index (χ0n) is 71.7. The topological polar surface area (TPSA) is 717 Å². The molecule has 0 unspecified atom stereocenters. The molecule has 0 bridgehead atoms. The van der Waals surface area contributed by atoms with Crippen LogP contribution in [0, 0.1) is 200 Å². The second kappa shape index (κ2) is 99.2. The van der Waals surface area contributed by atoms with Crippen molar-refractivity contribution in [1.82, 2.24) is 44.1 Å². The fourth-order valence-corrected chi connectivity index (χ4v) is 11.3. The molecule has 43 nitrogen and oxygen atoms in total. The van der Waals surface area contributed by atoms with Crippen LogP contribution < -0.4 is 88.1 Å². The maximum Gasteiger partial charge on any atom is 3.00 e. The Morgan fingerprint density at radius 1 is 0.183 bits per heavy atom. The second-order valence-electron chi connectivity index (χ2n) is 28.3. The van der Waals surface area contributed by atoms with Gasteiger partial charge in [0.25, 0.3) is 0 Å². The molecule has 723 valence electrons. The van der Waals surface area contributed by atoms with E-state index in [0.29, 0.717) is 12.8 Å². The number of carbonyl (C=O) groups excluding carboxylic acids is 17. The van der Waals surface area contributed by atoms with Crippen molar-refractivity contribution in [1.29, 1.82) is 0 Å². The maximum absolute atomic E-state index is 10.8. The number of amides is 2. The van der Waals surface area contributed by atoms with E-state index in [1.54, 1.807) is 0 Å². The van der Waals surface area contributed by atoms with Crippen molar-refractivity contribution in [3.63, 3.8) is 0 Å². The molecule has 0 aliphatic rings. The summed E-state index contributed by atoms with van der Waals surface area (Å²) >= 11 is 0. The van der Waals surface area contributed by atoms with Gasteiger partial charge in [-0.25, -0.2) is 0 Å². The number of carboxylic acid groups (broad SMARTS) is 15. The normalized spacial score (nSPS) is 10.7. The Bertz CT molecular complexity index is 2560. The van der Waals surface area contributed by atoms with Crippen molar-refractivity contribution in [2.45, 2.75) is 194 Å². The van der Waals surface area contributed by atoms with E-state index in [1.165, 1.54) is 156 Å². The number of nitrogens with two attached hydrogens (primary N) is 2. The van der Waals surface area contributed by atoms with Crippen molar-refractivity contribution in [2.24, 2.45) is 11.5 Å². The third-order valence-corrected chi connectivity index (χ3v) is 17.1. The summed E-state index contributed by atoms with van der Waals surface area (Å²) in [5, 5.41) is 160. The summed E-state index contributed by atoms with van der Waals surface area (Å²) in [6, 6.07) is 0. The van der Waals surface area contributed by atoms with Crippen molar-refractivity contribution in [2.75, 3.05) is 177 Å². The van der Waals surface area contributed by atoms with Crippen molar-refractivity contribution < 1.29 is 358 Å². The Balaban J connectivity index is -0.000000166. The summed E-state index contributed by atoms with van der Waals surface area (Å²) in [5.41, 5.74) is 10.2. The summed E-state index contributed by atoms with van der Waals surface area (Å²) in [4.78, 5) is 190. The van der Waals surface area contributed by atoms with Crippen LogP contribution in [-0.2, 0) is 81.5 Å². The van der Waals surface area contributed by atoms with Crippen molar-refractivity contribution in [3.05, 3.63) is 24.3 Å². The summed E-state index contributed by atoms with van der Waals surface area (Å²) < 4.78 is 0. The van der Waals surface area contributed by atoms with Gasteiger partial charge in [-0.15, -0.1) is 0 Å². The molecule has 0 aromatic carbocycles. The third kappa shape index (κ3) is 119. The molecule has 0 saturated heterocycles. The van der Waals surface area contributed by atoms with Gasteiger partial charge in [0.05, 0.1) is 89.5 Å². The van der Waals surface area contributed by atoms with Gasteiger partial charge < -0.3 is 160 Å². The van der Waals surface area contributed by atoms with Gasteiger partial charge in [0.15, 0.2) is 0 Å². The van der Waals surface area contributed by atoms with Gasteiger partial charge >= 0.3 is 200 Å². The smallest absolute Gasteiger partial charge is 0.549 e. The summed E-state index contributed by atoms with van der Waals surface area (Å²) in [6.07, 6.45) is 43.8. The van der Waals surface area contributed by atoms with Gasteiger partial charge in [-0.05, 0) is 64.2 Å². The molecule has 48 heteroatoms. The Kier molecular flexibility index (Phi) is 113. The van der Waals surface area contributed by atoms with Crippen LogP contribution in [0.1, 0.15) is 194 Å². The first-order valence-corrected chi connectivity index (χ1v) is 40.4. The summed E-state index contributed by atoms with van der Waals surface area (Å²) in [6.45, 7) is -7.95. The number of hydrogen-bond donors (Lipinski definition) is 2. The molecular formula is C78H124Gd5N11O32. The van der Waals surface area contributed by atoms with E-state index in [9.17, 15) is 158 Å². The van der Waals surface area contributed by atoms with E-state index >= 15 is 0 Å². The zero-order chi connectivity index (χ0) is 92.7. The molecule has 0 fully saturated rings. The maximum atomic E-state index is 10.8. The first-order valence-electron chi connectivity index (χ1n) is 40.4. The Morgan fingerprint density at radius 2 is 0.294 bits per heavy atom. The van der Waals surface area contributed by atoms with Crippen LogP contribution >= 0.6 is 0 Å². The minimum atomic E-state index is -1.54. The predicted octanol–water partition coefficient (Wildman–Crippen LogP) is -17.1. The second-order valence-corrected chi connectivity index (χ2v) is 28.3. The molecule has 0 spiro atoms. The van der Waals surface area contributed by atoms with Gasteiger partial charge in [0.1, 0.15) is 0 Å². The quantitative estimate of drug-likeness (QED) is 0.0422. The summed E-state index contributed by atoms with van der Waals surface area (Å²) in [5.74, 6) is -23.3. The Morgan fingerprint density at radius 3 is 0.421 bits per heavy atom. The first-order chi connectivity index (χ1) is 57.0. The number of carboxylic acids is 15. The molecular weight excluding hydrogens is 2390 g/mol. The molecule has 0 saturated carbocycles. The van der Waals surface area contributed by atoms with Crippen LogP contribution in [0.5, 0.6) is 0 Å². The van der Waals surface area contributed by atoms with Crippen LogP contribution in [0.4, 0.5) is 0 Å². The fourth-order valence-electron chi connectivity index (χ4n) is 11.3. The Labute approximate surface area is 898 Å². The molecule has 0 aliphatic heterocycles. The van der Waals surface area contributed by atoms with Crippen LogP contribution in [0.15, 0.2) is 24.3 Å². The number of primary amides is 2. The van der Waals surface area contributed by atoms with E-state index < -0.39 is 188 Å². The molecule has 126 heavy (non-hydrogen) atoms. The SMILES string of the molecule is CCCCCCCC/C=C/CCCCCCCC(N)=O.CCCCCCCC/C=C/CCCCCCCC(N)=O.O=C([O-])CN(CCN(CC(=O)[O-])CC(=O)[O-])CCN(CC(=O)[O-])CC(=O)[O-].O=C([O-])CN(CCN(CC(=O)[O-])CC(=O)[O-])CCN(CC(=O)[O-])CC(=O)[O-].O=C([O-])CN(CCN(CC(=O)[O-])CC(=O)[O-])CCN(CC(=O)[O-])CC(=O)[O-].[Gd+3].[Gd+3].[Gd+3].[Gd+3].[Gd+3]. The number of nitrogens with zero attached hydrogens (tertiary/aromatic N) is 9. The number of aliphatic carboxylic acids is 15. The number of rotatable bonds is 78. The molecule has 0 aliphatic carbocycles. The van der Waals surface area contributed by atoms with Gasteiger partial charge in [0, 0.05) is 190 Å². The third-order valence-electron chi connectivity index (χ3n) is 17.1. The van der Waals surface area contributed by atoms with Gasteiger partial charge in [0.2, 0.25) is 11.8 Å². The average molecular weight is 2510 g/mol. The van der Waals surface area contributed by atoms with E-state index in [4.69, 9.17) is 11.5 Å². The van der Waals surface area contributed by atoms with Crippen molar-refractivity contribution >= 4 is 101 Å². The number of hydrogen-bond acceptors (Lipinski definition) is 41. The average Bonchev–Trinajstić information content (AvgIpc) is 0.927. The van der Waals surface area contributed by atoms with Crippen molar-refractivity contribution in [3.8, 4) is 0 Å². The molecule has 0 aromatic heterocycles. The molecule has 5 radical (unpaired) electrons. The molecule has 4 N–H and O–H groups in total. The van der Waals surface area contributed by atoms with Gasteiger partial charge in [-0.1, -0.05) is 141 Å². The predicted molar refractivity (Wildman–Crippen MR) is 400 cm³/mol. The van der Waals surface area contributed by atoms with Gasteiger partial charge in [-0.2, -0.15) is 0 Å². The minimum absolute atomic E-state index is 0. The summed E-state index contributed by atoms with van der Waals surface area (Å²) in [7, 11) is 0. The standard InChI is InChI=1S/2C18H35NO.3C14H23N3O10.5Gd/c2*1-2-3-4-5-6-7-8-9-10-11-12-13-14-15-16-17-18(19)20;3*18-10(19)5-15(1-3-16(6-11(20)21)7-12(22)23)2-4-17(8-13(24)25)9-14(26)27;;;;;/h2*9-10H,2-8,11-17H2,1H3,(H2,19,20);3*1-9H2,(H,18,19)(H,20,21)(H,22,23)(H,24,25)(H,26,27);;;;;/q;;;;;5*+3/p-15/b2*10-9+;;;;;;;;. The molecule has 2 amide bonds. The van der Waals surface area contributed by atoms with E-state index in [2.05, 4.69) is 38.2 Å².